The maximum absolute atomic E-state index is 13.1. The molecule has 184 valence electrons. The van der Waals surface area contributed by atoms with Crippen LogP contribution in [0.4, 0.5) is 0 Å². The van der Waals surface area contributed by atoms with Gasteiger partial charge in [-0.1, -0.05) is 36.8 Å². The number of tetrazole rings is 1. The Hall–Kier alpha value is -3.52. The van der Waals surface area contributed by atoms with Crippen molar-refractivity contribution >= 4 is 10.9 Å². The molecular weight excluding hydrogens is 440 g/mol. The summed E-state index contributed by atoms with van der Waals surface area (Å²) in [6.45, 7) is 11.4. The van der Waals surface area contributed by atoms with Crippen molar-refractivity contribution in [2.45, 2.75) is 65.7 Å². The Balaban J connectivity index is 1.80. The fourth-order valence-electron chi connectivity index (χ4n) is 4.52. The van der Waals surface area contributed by atoms with Gasteiger partial charge in [0.1, 0.15) is 5.75 Å². The Bertz CT molecular complexity index is 1370. The summed E-state index contributed by atoms with van der Waals surface area (Å²) in [4.78, 5) is 18.4. The molecular formula is C27H34N6O2. The van der Waals surface area contributed by atoms with Gasteiger partial charge < -0.3 is 9.72 Å². The molecule has 0 aliphatic carbocycles. The number of fused-ring (bicyclic) bond motifs is 1. The minimum Gasteiger partial charge on any atom is -0.496 e. The van der Waals surface area contributed by atoms with Crippen LogP contribution in [0.2, 0.25) is 0 Å². The maximum atomic E-state index is 13.1. The second kappa shape index (κ2) is 10.00. The zero-order valence-corrected chi connectivity index (χ0v) is 21.4. The zero-order chi connectivity index (χ0) is 25.2. The van der Waals surface area contributed by atoms with Gasteiger partial charge in [-0.25, -0.2) is 4.68 Å². The standard InChI is InChI=1S/C27H34N6O2/c1-7-23(25-29-30-31-33(25)27(3,4)5)32(16-19-10-8-9-11-24(19)35-6)17-21-15-20-14-18(2)12-13-22(20)28-26(21)34/h8-15,23H,7,16-17H2,1-6H3,(H,28,34)/t23-/m1/s1. The summed E-state index contributed by atoms with van der Waals surface area (Å²) < 4.78 is 7.51. The number of para-hydroxylation sites is 1. The third kappa shape index (κ3) is 5.27. The number of ether oxygens (including phenoxy) is 1. The number of benzene rings is 2. The fraction of sp³-hybridized carbons (Fsp3) is 0.407. The molecule has 4 rings (SSSR count). The molecule has 4 aromatic rings. The maximum Gasteiger partial charge on any atom is 0.252 e. The molecule has 2 heterocycles. The number of hydrogen-bond acceptors (Lipinski definition) is 6. The molecule has 8 heteroatoms. The quantitative estimate of drug-likeness (QED) is 0.397. The SMILES string of the molecule is CC[C@H](c1nnnn1C(C)(C)C)N(Cc1ccccc1OC)Cc1cc2cc(C)ccc2[nH]c1=O. The summed E-state index contributed by atoms with van der Waals surface area (Å²) in [5.41, 5.74) is 3.36. The first-order chi connectivity index (χ1) is 16.7. The highest BCUT2D eigenvalue weighted by molar-refractivity contribution is 5.79. The van der Waals surface area contributed by atoms with Crippen molar-refractivity contribution in [2.24, 2.45) is 0 Å². The number of nitrogens with zero attached hydrogens (tertiary/aromatic N) is 5. The summed E-state index contributed by atoms with van der Waals surface area (Å²) in [6.07, 6.45) is 0.774. The second-order valence-corrected chi connectivity index (χ2v) is 9.97. The Morgan fingerprint density at radius 1 is 1.09 bits per heavy atom. The highest BCUT2D eigenvalue weighted by Crippen LogP contribution is 2.31. The van der Waals surface area contributed by atoms with Gasteiger partial charge in [0.15, 0.2) is 5.82 Å². The molecule has 1 N–H and O–H groups in total. The van der Waals surface area contributed by atoms with Crippen molar-refractivity contribution in [3.63, 3.8) is 0 Å². The van der Waals surface area contributed by atoms with E-state index in [2.05, 4.69) is 72.2 Å². The summed E-state index contributed by atoms with van der Waals surface area (Å²) in [5, 5.41) is 13.7. The predicted octanol–water partition coefficient (Wildman–Crippen LogP) is 4.74. The Labute approximate surface area is 205 Å². The molecule has 0 unspecified atom stereocenters. The molecule has 0 bridgehead atoms. The van der Waals surface area contributed by atoms with Crippen molar-refractivity contribution in [1.82, 2.24) is 30.1 Å². The number of aryl methyl sites for hydroxylation is 1. The van der Waals surface area contributed by atoms with Crippen LogP contribution in [0.1, 0.15) is 62.7 Å². The van der Waals surface area contributed by atoms with Crippen LogP contribution < -0.4 is 10.3 Å². The van der Waals surface area contributed by atoms with Gasteiger partial charge in [0, 0.05) is 29.7 Å². The van der Waals surface area contributed by atoms with Crippen molar-refractivity contribution in [3.8, 4) is 5.75 Å². The molecule has 0 aliphatic heterocycles. The van der Waals surface area contributed by atoms with E-state index in [9.17, 15) is 4.79 Å². The van der Waals surface area contributed by atoms with Gasteiger partial charge in [-0.2, -0.15) is 0 Å². The van der Waals surface area contributed by atoms with Gasteiger partial charge in [0.05, 0.1) is 18.7 Å². The predicted molar refractivity (Wildman–Crippen MR) is 137 cm³/mol. The zero-order valence-electron chi connectivity index (χ0n) is 21.4. The van der Waals surface area contributed by atoms with E-state index in [4.69, 9.17) is 4.74 Å². The van der Waals surface area contributed by atoms with Gasteiger partial charge in [-0.3, -0.25) is 9.69 Å². The van der Waals surface area contributed by atoms with Crippen molar-refractivity contribution in [2.75, 3.05) is 7.11 Å². The number of methoxy groups -OCH3 is 1. The molecule has 35 heavy (non-hydrogen) atoms. The van der Waals surface area contributed by atoms with Crippen molar-refractivity contribution in [3.05, 3.63) is 81.4 Å². The molecule has 2 aromatic carbocycles. The number of H-pyrrole nitrogens is 1. The number of rotatable bonds is 8. The Morgan fingerprint density at radius 3 is 2.54 bits per heavy atom. The lowest BCUT2D eigenvalue weighted by Crippen LogP contribution is -2.35. The minimum atomic E-state index is -0.277. The number of aromatic amines is 1. The van der Waals surface area contributed by atoms with Crippen LogP contribution in [0.15, 0.2) is 53.3 Å². The smallest absolute Gasteiger partial charge is 0.252 e. The van der Waals surface area contributed by atoms with Crippen LogP contribution in [0.5, 0.6) is 5.75 Å². The third-order valence-electron chi connectivity index (χ3n) is 6.27. The largest absolute Gasteiger partial charge is 0.496 e. The molecule has 0 fully saturated rings. The monoisotopic (exact) mass is 474 g/mol. The second-order valence-electron chi connectivity index (χ2n) is 9.97. The van der Waals surface area contributed by atoms with Gasteiger partial charge in [0.2, 0.25) is 0 Å². The number of hydrogen-bond donors (Lipinski definition) is 1. The van der Waals surface area contributed by atoms with Crippen LogP contribution in [0.25, 0.3) is 10.9 Å². The number of nitrogens with one attached hydrogen (secondary N) is 1. The first-order valence-electron chi connectivity index (χ1n) is 12.0. The Morgan fingerprint density at radius 2 is 1.83 bits per heavy atom. The van der Waals surface area contributed by atoms with E-state index in [1.807, 2.05) is 41.1 Å². The molecule has 0 saturated heterocycles. The minimum absolute atomic E-state index is 0.0864. The van der Waals surface area contributed by atoms with Crippen LogP contribution in [0.3, 0.4) is 0 Å². The van der Waals surface area contributed by atoms with Gasteiger partial charge in [-0.05, 0) is 74.2 Å². The average molecular weight is 475 g/mol. The fourth-order valence-corrected chi connectivity index (χ4v) is 4.52. The van der Waals surface area contributed by atoms with Gasteiger partial charge >= 0.3 is 0 Å². The molecule has 0 saturated carbocycles. The van der Waals surface area contributed by atoms with E-state index in [-0.39, 0.29) is 17.1 Å². The third-order valence-corrected chi connectivity index (χ3v) is 6.27. The van der Waals surface area contributed by atoms with Crippen LogP contribution in [-0.2, 0) is 18.6 Å². The molecule has 0 aliphatic rings. The van der Waals surface area contributed by atoms with E-state index in [1.165, 1.54) is 0 Å². The number of aromatic nitrogens is 5. The molecule has 8 nitrogen and oxygen atoms in total. The van der Waals surface area contributed by atoms with E-state index < -0.39 is 0 Å². The van der Waals surface area contributed by atoms with Crippen molar-refractivity contribution in [1.29, 1.82) is 0 Å². The summed E-state index contributed by atoms with van der Waals surface area (Å²) in [6, 6.07) is 15.9. The molecule has 0 amide bonds. The topological polar surface area (TPSA) is 88.9 Å². The lowest BCUT2D eigenvalue weighted by Gasteiger charge is -2.32. The normalized spacial score (nSPS) is 12.9. The molecule has 0 radical (unpaired) electrons. The molecule has 1 atom stereocenters. The van der Waals surface area contributed by atoms with Crippen LogP contribution in [0, 0.1) is 6.92 Å². The highest BCUT2D eigenvalue weighted by atomic mass is 16.5. The highest BCUT2D eigenvalue weighted by Gasteiger charge is 2.30. The lowest BCUT2D eigenvalue weighted by atomic mass is 10.0. The number of pyridine rings is 1. The van der Waals surface area contributed by atoms with E-state index in [1.54, 1.807) is 7.11 Å². The summed E-state index contributed by atoms with van der Waals surface area (Å²) in [7, 11) is 1.68. The molecule has 0 spiro atoms. The van der Waals surface area contributed by atoms with E-state index >= 15 is 0 Å². The average Bonchev–Trinajstić information content (AvgIpc) is 3.31. The first kappa shape index (κ1) is 24.6. The Kier molecular flexibility index (Phi) is 7.03. The van der Waals surface area contributed by atoms with Gasteiger partial charge in [0.25, 0.3) is 5.56 Å². The lowest BCUT2D eigenvalue weighted by molar-refractivity contribution is 0.152. The molecule has 2 aromatic heterocycles. The van der Waals surface area contributed by atoms with E-state index in [0.717, 1.165) is 40.0 Å². The van der Waals surface area contributed by atoms with Gasteiger partial charge in [-0.15, -0.1) is 5.10 Å². The van der Waals surface area contributed by atoms with Crippen LogP contribution in [-0.4, -0.2) is 37.2 Å². The first-order valence-corrected chi connectivity index (χ1v) is 12.0. The summed E-state index contributed by atoms with van der Waals surface area (Å²) in [5.74, 6) is 1.59. The van der Waals surface area contributed by atoms with Crippen molar-refractivity contribution < 1.29 is 4.74 Å². The summed E-state index contributed by atoms with van der Waals surface area (Å²) >= 11 is 0. The van der Waals surface area contributed by atoms with E-state index in [0.29, 0.717) is 18.7 Å². The van der Waals surface area contributed by atoms with Crippen LogP contribution >= 0.6 is 0 Å².